The second-order valence-corrected chi connectivity index (χ2v) is 8.37. The van der Waals surface area contributed by atoms with Crippen molar-refractivity contribution in [1.29, 1.82) is 0 Å². The molecule has 4 aromatic rings. The van der Waals surface area contributed by atoms with Crippen LogP contribution in [0.4, 0.5) is 10.5 Å². The van der Waals surface area contributed by atoms with Gasteiger partial charge in [-0.05, 0) is 70.0 Å². The van der Waals surface area contributed by atoms with Crippen LogP contribution in [-0.4, -0.2) is 36.8 Å². The van der Waals surface area contributed by atoms with E-state index in [-0.39, 0.29) is 12.1 Å². The van der Waals surface area contributed by atoms with Crippen molar-refractivity contribution >= 4 is 22.8 Å². The molecule has 1 aliphatic rings. The van der Waals surface area contributed by atoms with Crippen LogP contribution in [0.2, 0.25) is 0 Å². The number of nitrogens with zero attached hydrogens (tertiary/aromatic N) is 5. The minimum atomic E-state index is -0.0901. The first-order valence-corrected chi connectivity index (χ1v) is 11.2. The van der Waals surface area contributed by atoms with Gasteiger partial charge in [0.2, 0.25) is 0 Å². The number of imidazole rings is 1. The van der Waals surface area contributed by atoms with Gasteiger partial charge in [-0.3, -0.25) is 0 Å². The molecule has 5 rings (SSSR count). The quantitative estimate of drug-likeness (QED) is 0.484. The Labute approximate surface area is 187 Å². The third-order valence-electron chi connectivity index (χ3n) is 6.16. The smallest absolute Gasteiger partial charge is 0.322 e. The summed E-state index contributed by atoms with van der Waals surface area (Å²) in [5.74, 6) is 0.970. The SMILES string of the molecule is CCn1c(C2CCCN2C(=O)Nc2cccc(-n3nc(C)cc3C)c2)nc2ccccc21. The van der Waals surface area contributed by atoms with E-state index in [9.17, 15) is 4.79 Å². The number of anilines is 1. The maximum absolute atomic E-state index is 13.3. The van der Waals surface area contributed by atoms with Crippen LogP contribution in [0.15, 0.2) is 54.6 Å². The van der Waals surface area contributed by atoms with Crippen molar-refractivity contribution in [2.75, 3.05) is 11.9 Å². The average Bonchev–Trinajstić information content (AvgIpc) is 3.49. The highest BCUT2D eigenvalue weighted by Crippen LogP contribution is 2.34. The minimum absolute atomic E-state index is 0.0263. The van der Waals surface area contributed by atoms with E-state index in [0.717, 1.165) is 65.6 Å². The summed E-state index contributed by atoms with van der Waals surface area (Å²) in [6.45, 7) is 7.68. The van der Waals surface area contributed by atoms with Crippen LogP contribution in [0, 0.1) is 13.8 Å². The molecule has 0 saturated carbocycles. The summed E-state index contributed by atoms with van der Waals surface area (Å²) in [6, 6.07) is 17.9. The zero-order valence-corrected chi connectivity index (χ0v) is 18.7. The van der Waals surface area contributed by atoms with Crippen LogP contribution in [0.1, 0.15) is 43.0 Å². The number of urea groups is 1. The van der Waals surface area contributed by atoms with Crippen LogP contribution in [-0.2, 0) is 6.54 Å². The van der Waals surface area contributed by atoms with Crippen molar-refractivity contribution in [1.82, 2.24) is 24.2 Å². The number of aryl methyl sites for hydroxylation is 3. The third-order valence-corrected chi connectivity index (χ3v) is 6.16. The lowest BCUT2D eigenvalue weighted by Crippen LogP contribution is -2.35. The molecule has 1 fully saturated rings. The first kappa shape index (κ1) is 20.3. The van der Waals surface area contributed by atoms with Gasteiger partial charge in [-0.25, -0.2) is 14.5 Å². The second kappa shape index (κ2) is 8.15. The molecule has 0 aliphatic carbocycles. The fourth-order valence-corrected chi connectivity index (χ4v) is 4.76. The highest BCUT2D eigenvalue weighted by Gasteiger charge is 2.33. The van der Waals surface area contributed by atoms with Crippen LogP contribution >= 0.6 is 0 Å². The van der Waals surface area contributed by atoms with Crippen molar-refractivity contribution < 1.29 is 4.79 Å². The predicted octanol–water partition coefficient (Wildman–Crippen LogP) is 5.23. The molecule has 0 radical (unpaired) electrons. The molecule has 0 bridgehead atoms. The van der Waals surface area contributed by atoms with Gasteiger partial charge in [0.1, 0.15) is 5.82 Å². The molecule has 7 heteroatoms. The molecule has 1 aliphatic heterocycles. The van der Waals surface area contributed by atoms with E-state index in [2.05, 4.69) is 28.0 Å². The Morgan fingerprint density at radius 1 is 1.12 bits per heavy atom. The predicted molar refractivity (Wildman–Crippen MR) is 126 cm³/mol. The molecule has 7 nitrogen and oxygen atoms in total. The van der Waals surface area contributed by atoms with Crippen LogP contribution in [0.25, 0.3) is 16.7 Å². The number of hydrogen-bond donors (Lipinski definition) is 1. The molecule has 2 aromatic heterocycles. The van der Waals surface area contributed by atoms with E-state index in [1.54, 1.807) is 0 Å². The number of amides is 2. The topological polar surface area (TPSA) is 68.0 Å². The van der Waals surface area contributed by atoms with Gasteiger partial charge >= 0.3 is 6.03 Å². The van der Waals surface area contributed by atoms with E-state index >= 15 is 0 Å². The average molecular weight is 429 g/mol. The summed E-state index contributed by atoms with van der Waals surface area (Å²) in [7, 11) is 0. The van der Waals surface area contributed by atoms with Gasteiger partial charge in [0.25, 0.3) is 0 Å². The summed E-state index contributed by atoms with van der Waals surface area (Å²) >= 11 is 0. The molecule has 32 heavy (non-hydrogen) atoms. The normalized spacial score (nSPS) is 16.1. The fraction of sp³-hybridized carbons (Fsp3) is 0.320. The first-order chi connectivity index (χ1) is 15.5. The molecule has 2 aromatic carbocycles. The molecule has 1 saturated heterocycles. The number of carbonyl (C=O) groups is 1. The number of benzene rings is 2. The summed E-state index contributed by atoms with van der Waals surface area (Å²) in [6.07, 6.45) is 1.89. The van der Waals surface area contributed by atoms with Gasteiger partial charge in [-0.2, -0.15) is 5.10 Å². The van der Waals surface area contributed by atoms with Crippen molar-refractivity contribution in [2.45, 2.75) is 46.2 Å². The van der Waals surface area contributed by atoms with Crippen molar-refractivity contribution in [2.24, 2.45) is 0 Å². The van der Waals surface area contributed by atoms with Crippen molar-refractivity contribution in [3.63, 3.8) is 0 Å². The molecule has 3 heterocycles. The number of para-hydroxylation sites is 2. The van der Waals surface area contributed by atoms with Crippen molar-refractivity contribution in [3.05, 3.63) is 71.8 Å². The Balaban J connectivity index is 1.40. The summed E-state index contributed by atoms with van der Waals surface area (Å²) in [5, 5.41) is 7.65. The number of aromatic nitrogens is 4. The fourth-order valence-electron chi connectivity index (χ4n) is 4.76. The molecule has 1 atom stereocenters. The Morgan fingerprint density at radius 3 is 2.75 bits per heavy atom. The number of carbonyl (C=O) groups excluding carboxylic acids is 1. The van der Waals surface area contributed by atoms with E-state index in [1.165, 1.54) is 0 Å². The van der Waals surface area contributed by atoms with Gasteiger partial charge in [-0.1, -0.05) is 18.2 Å². The van der Waals surface area contributed by atoms with Gasteiger partial charge in [0.05, 0.1) is 28.5 Å². The molecule has 1 N–H and O–H groups in total. The molecule has 2 amide bonds. The van der Waals surface area contributed by atoms with Crippen molar-refractivity contribution in [3.8, 4) is 5.69 Å². The molecular weight excluding hydrogens is 400 g/mol. The number of fused-ring (bicyclic) bond motifs is 1. The monoisotopic (exact) mass is 428 g/mol. The lowest BCUT2D eigenvalue weighted by atomic mass is 10.2. The highest BCUT2D eigenvalue weighted by atomic mass is 16.2. The van der Waals surface area contributed by atoms with E-state index in [0.29, 0.717) is 0 Å². The standard InChI is InChI=1S/C25H28N6O/c1-4-29-22-12-6-5-11-21(22)27-24(29)23-13-8-14-30(23)25(32)26-19-9-7-10-20(16-19)31-18(3)15-17(2)28-31/h5-7,9-12,15-16,23H,4,8,13-14H2,1-3H3,(H,26,32). The first-order valence-electron chi connectivity index (χ1n) is 11.2. The lowest BCUT2D eigenvalue weighted by molar-refractivity contribution is 0.204. The zero-order valence-electron chi connectivity index (χ0n) is 18.7. The Bertz CT molecular complexity index is 1290. The van der Waals surface area contributed by atoms with Gasteiger partial charge < -0.3 is 14.8 Å². The van der Waals surface area contributed by atoms with Gasteiger partial charge in [-0.15, -0.1) is 0 Å². The summed E-state index contributed by atoms with van der Waals surface area (Å²) < 4.78 is 4.13. The highest BCUT2D eigenvalue weighted by molar-refractivity contribution is 5.90. The Morgan fingerprint density at radius 2 is 1.97 bits per heavy atom. The number of rotatable bonds is 4. The van der Waals surface area contributed by atoms with Crippen LogP contribution in [0.3, 0.4) is 0 Å². The Hall–Kier alpha value is -3.61. The van der Waals surface area contributed by atoms with E-state index in [4.69, 9.17) is 4.98 Å². The molecule has 1 unspecified atom stereocenters. The third kappa shape index (κ3) is 3.53. The van der Waals surface area contributed by atoms with E-state index in [1.807, 2.05) is 72.0 Å². The zero-order chi connectivity index (χ0) is 22.2. The molecule has 164 valence electrons. The van der Waals surface area contributed by atoms with Crippen LogP contribution < -0.4 is 5.32 Å². The maximum Gasteiger partial charge on any atom is 0.322 e. The van der Waals surface area contributed by atoms with E-state index < -0.39 is 0 Å². The number of hydrogen-bond acceptors (Lipinski definition) is 3. The second-order valence-electron chi connectivity index (χ2n) is 8.37. The largest absolute Gasteiger partial charge is 0.327 e. The minimum Gasteiger partial charge on any atom is -0.327 e. The van der Waals surface area contributed by atoms with Gasteiger partial charge in [0.15, 0.2) is 0 Å². The Kier molecular flexibility index (Phi) is 5.17. The van der Waals surface area contributed by atoms with Crippen LogP contribution in [0.5, 0.6) is 0 Å². The summed E-state index contributed by atoms with van der Waals surface area (Å²) in [4.78, 5) is 20.1. The summed E-state index contributed by atoms with van der Waals surface area (Å²) in [5.41, 5.74) is 5.82. The molecular formula is C25H28N6O. The maximum atomic E-state index is 13.3. The van der Waals surface area contributed by atoms with Gasteiger partial charge in [0, 0.05) is 24.5 Å². The number of likely N-dealkylation sites (tertiary alicyclic amines) is 1. The lowest BCUT2D eigenvalue weighted by Gasteiger charge is -2.25. The molecule has 0 spiro atoms. The number of nitrogens with one attached hydrogen (secondary N) is 1.